The van der Waals surface area contributed by atoms with Crippen LogP contribution in [0.1, 0.15) is 12.0 Å². The van der Waals surface area contributed by atoms with Crippen molar-refractivity contribution in [1.82, 2.24) is 5.32 Å². The fourth-order valence-electron chi connectivity index (χ4n) is 1.92. The molecular formula is C17H18ClNO2S. The van der Waals surface area contributed by atoms with E-state index in [1.54, 1.807) is 18.9 Å². The first kappa shape index (κ1) is 16.7. The van der Waals surface area contributed by atoms with E-state index in [9.17, 15) is 4.79 Å². The quantitative estimate of drug-likeness (QED) is 0.772. The number of hydrogen-bond donors (Lipinski definition) is 1. The van der Waals surface area contributed by atoms with Gasteiger partial charge in [0.25, 0.3) is 0 Å². The van der Waals surface area contributed by atoms with E-state index in [0.29, 0.717) is 13.0 Å². The highest BCUT2D eigenvalue weighted by atomic mass is 35.5. The Hall–Kier alpha value is -1.65. The van der Waals surface area contributed by atoms with Crippen LogP contribution < -0.4 is 10.1 Å². The summed E-state index contributed by atoms with van der Waals surface area (Å²) in [6.07, 6.45) is 0.475. The SMILES string of the molecule is COc1ccccc1CNC(=O)CCSc1ccc(Cl)cc1. The first-order chi connectivity index (χ1) is 10.7. The Bertz CT molecular complexity index is 616. The van der Waals surface area contributed by atoms with Gasteiger partial charge in [-0.25, -0.2) is 0 Å². The van der Waals surface area contributed by atoms with Gasteiger partial charge < -0.3 is 10.1 Å². The number of amides is 1. The van der Waals surface area contributed by atoms with E-state index in [-0.39, 0.29) is 5.91 Å². The van der Waals surface area contributed by atoms with Crippen LogP contribution in [0.15, 0.2) is 53.4 Å². The first-order valence-corrected chi connectivity index (χ1v) is 8.32. The smallest absolute Gasteiger partial charge is 0.221 e. The van der Waals surface area contributed by atoms with Crippen molar-refractivity contribution >= 4 is 29.3 Å². The molecule has 0 saturated carbocycles. The normalized spacial score (nSPS) is 10.3. The van der Waals surface area contributed by atoms with Crippen LogP contribution in [0, 0.1) is 0 Å². The predicted octanol–water partition coefficient (Wildman–Crippen LogP) is 4.15. The molecule has 116 valence electrons. The molecule has 0 radical (unpaired) electrons. The van der Waals surface area contributed by atoms with Gasteiger partial charge in [-0.05, 0) is 30.3 Å². The van der Waals surface area contributed by atoms with Crippen LogP contribution in [0.2, 0.25) is 5.02 Å². The minimum Gasteiger partial charge on any atom is -0.496 e. The summed E-state index contributed by atoms with van der Waals surface area (Å²) in [4.78, 5) is 13.0. The number of nitrogens with one attached hydrogen (secondary N) is 1. The summed E-state index contributed by atoms with van der Waals surface area (Å²) in [5.74, 6) is 1.56. The molecule has 2 aromatic carbocycles. The fraction of sp³-hybridized carbons (Fsp3) is 0.235. The number of methoxy groups -OCH3 is 1. The lowest BCUT2D eigenvalue weighted by Crippen LogP contribution is -2.23. The molecule has 1 amide bonds. The highest BCUT2D eigenvalue weighted by molar-refractivity contribution is 7.99. The molecule has 0 fully saturated rings. The molecular weight excluding hydrogens is 318 g/mol. The van der Waals surface area contributed by atoms with E-state index in [1.165, 1.54) is 0 Å². The number of carbonyl (C=O) groups is 1. The number of ether oxygens (including phenoxy) is 1. The van der Waals surface area contributed by atoms with E-state index in [4.69, 9.17) is 16.3 Å². The van der Waals surface area contributed by atoms with Crippen molar-refractivity contribution in [3.63, 3.8) is 0 Å². The van der Waals surface area contributed by atoms with Gasteiger partial charge in [-0.1, -0.05) is 29.8 Å². The van der Waals surface area contributed by atoms with Crippen LogP contribution in [0.25, 0.3) is 0 Å². The highest BCUT2D eigenvalue weighted by Crippen LogP contribution is 2.21. The average Bonchev–Trinajstić information content (AvgIpc) is 2.55. The lowest BCUT2D eigenvalue weighted by atomic mass is 10.2. The van der Waals surface area contributed by atoms with Crippen molar-refractivity contribution < 1.29 is 9.53 Å². The number of carbonyl (C=O) groups excluding carboxylic acids is 1. The van der Waals surface area contributed by atoms with Gasteiger partial charge in [0.15, 0.2) is 0 Å². The zero-order valence-corrected chi connectivity index (χ0v) is 13.9. The lowest BCUT2D eigenvalue weighted by Gasteiger charge is -2.09. The maximum absolute atomic E-state index is 11.9. The summed E-state index contributed by atoms with van der Waals surface area (Å²) < 4.78 is 5.26. The number of benzene rings is 2. The van der Waals surface area contributed by atoms with Crippen molar-refractivity contribution in [3.8, 4) is 5.75 Å². The van der Waals surface area contributed by atoms with Crippen molar-refractivity contribution in [2.24, 2.45) is 0 Å². The van der Waals surface area contributed by atoms with Gasteiger partial charge in [-0.15, -0.1) is 11.8 Å². The van der Waals surface area contributed by atoms with Crippen LogP contribution in [-0.4, -0.2) is 18.8 Å². The molecule has 0 aliphatic heterocycles. The molecule has 0 bridgehead atoms. The number of halogens is 1. The Morgan fingerprint density at radius 3 is 2.64 bits per heavy atom. The van der Waals surface area contributed by atoms with E-state index in [1.807, 2.05) is 48.5 Å². The van der Waals surface area contributed by atoms with Crippen LogP contribution >= 0.6 is 23.4 Å². The summed E-state index contributed by atoms with van der Waals surface area (Å²) in [7, 11) is 1.63. The Morgan fingerprint density at radius 2 is 1.91 bits per heavy atom. The summed E-state index contributed by atoms with van der Waals surface area (Å²) in [5, 5.41) is 3.64. The molecule has 0 saturated heterocycles. The summed E-state index contributed by atoms with van der Waals surface area (Å²) in [6, 6.07) is 15.3. The average molecular weight is 336 g/mol. The van der Waals surface area contributed by atoms with Gasteiger partial charge in [0.1, 0.15) is 5.75 Å². The molecule has 0 unspecified atom stereocenters. The Labute approximate surface area is 140 Å². The number of hydrogen-bond acceptors (Lipinski definition) is 3. The zero-order chi connectivity index (χ0) is 15.8. The molecule has 3 nitrogen and oxygen atoms in total. The van der Waals surface area contributed by atoms with Gasteiger partial charge in [0, 0.05) is 34.2 Å². The number of rotatable bonds is 7. The van der Waals surface area contributed by atoms with Crippen molar-refractivity contribution in [2.45, 2.75) is 17.9 Å². The van der Waals surface area contributed by atoms with Crippen LogP contribution in [0.5, 0.6) is 5.75 Å². The largest absolute Gasteiger partial charge is 0.496 e. The Kier molecular flexibility index (Phi) is 6.62. The van der Waals surface area contributed by atoms with Gasteiger partial charge in [-0.3, -0.25) is 4.79 Å². The van der Waals surface area contributed by atoms with Gasteiger partial charge in [-0.2, -0.15) is 0 Å². The maximum atomic E-state index is 11.9. The Balaban J connectivity index is 1.73. The zero-order valence-electron chi connectivity index (χ0n) is 12.3. The molecule has 0 heterocycles. The molecule has 2 aromatic rings. The van der Waals surface area contributed by atoms with Crippen molar-refractivity contribution in [3.05, 3.63) is 59.1 Å². The number of para-hydroxylation sites is 1. The molecule has 0 aliphatic carbocycles. The fourth-order valence-corrected chi connectivity index (χ4v) is 2.90. The minimum atomic E-state index is 0.0346. The minimum absolute atomic E-state index is 0.0346. The number of thioether (sulfide) groups is 1. The molecule has 5 heteroatoms. The third-order valence-electron chi connectivity index (χ3n) is 3.08. The predicted molar refractivity (Wildman–Crippen MR) is 91.6 cm³/mol. The summed E-state index contributed by atoms with van der Waals surface area (Å²) >= 11 is 7.48. The summed E-state index contributed by atoms with van der Waals surface area (Å²) in [5.41, 5.74) is 0.976. The molecule has 1 N–H and O–H groups in total. The van der Waals surface area contributed by atoms with E-state index in [0.717, 1.165) is 27.0 Å². The van der Waals surface area contributed by atoms with E-state index in [2.05, 4.69) is 5.32 Å². The molecule has 0 spiro atoms. The van der Waals surface area contributed by atoms with Crippen LogP contribution in [0.3, 0.4) is 0 Å². The lowest BCUT2D eigenvalue weighted by molar-refractivity contribution is -0.120. The molecule has 0 aliphatic rings. The monoisotopic (exact) mass is 335 g/mol. The van der Waals surface area contributed by atoms with Gasteiger partial charge >= 0.3 is 0 Å². The third-order valence-corrected chi connectivity index (χ3v) is 4.35. The van der Waals surface area contributed by atoms with E-state index < -0.39 is 0 Å². The second-order valence-corrected chi connectivity index (χ2v) is 6.25. The second kappa shape index (κ2) is 8.71. The molecule has 0 atom stereocenters. The Morgan fingerprint density at radius 1 is 1.18 bits per heavy atom. The standard InChI is InChI=1S/C17H18ClNO2S/c1-21-16-5-3-2-4-13(16)12-19-17(20)10-11-22-15-8-6-14(18)7-9-15/h2-9H,10-12H2,1H3,(H,19,20). The topological polar surface area (TPSA) is 38.3 Å². The van der Waals surface area contributed by atoms with Gasteiger partial charge in [0.2, 0.25) is 5.91 Å². The maximum Gasteiger partial charge on any atom is 0.221 e. The summed E-state index contributed by atoms with van der Waals surface area (Å²) in [6.45, 7) is 0.481. The van der Waals surface area contributed by atoms with Gasteiger partial charge in [0.05, 0.1) is 7.11 Å². The van der Waals surface area contributed by atoms with E-state index >= 15 is 0 Å². The van der Waals surface area contributed by atoms with Crippen molar-refractivity contribution in [2.75, 3.05) is 12.9 Å². The van der Waals surface area contributed by atoms with Crippen molar-refractivity contribution in [1.29, 1.82) is 0 Å². The molecule has 22 heavy (non-hydrogen) atoms. The van der Waals surface area contributed by atoms with Crippen LogP contribution in [-0.2, 0) is 11.3 Å². The molecule has 0 aromatic heterocycles. The first-order valence-electron chi connectivity index (χ1n) is 6.96. The third kappa shape index (κ3) is 5.28. The highest BCUT2D eigenvalue weighted by Gasteiger charge is 2.05. The molecule has 2 rings (SSSR count). The second-order valence-electron chi connectivity index (χ2n) is 4.64. The van der Waals surface area contributed by atoms with Crippen LogP contribution in [0.4, 0.5) is 0 Å².